The van der Waals surface area contributed by atoms with Gasteiger partial charge in [0.1, 0.15) is 0 Å². The Morgan fingerprint density at radius 3 is 3.05 bits per heavy atom. The molecule has 1 aliphatic heterocycles. The number of ether oxygens (including phenoxy) is 1. The van der Waals surface area contributed by atoms with Crippen LogP contribution in [0.25, 0.3) is 0 Å². The van der Waals surface area contributed by atoms with Crippen LogP contribution in [0.4, 0.5) is 0 Å². The van der Waals surface area contributed by atoms with Crippen molar-refractivity contribution in [2.24, 2.45) is 5.84 Å². The first kappa shape index (κ1) is 14.2. The summed E-state index contributed by atoms with van der Waals surface area (Å²) in [6, 6.07) is 10.6. The van der Waals surface area contributed by atoms with E-state index >= 15 is 0 Å². The number of fused-ring (bicyclic) bond motifs is 1. The molecule has 0 saturated carbocycles. The van der Waals surface area contributed by atoms with Crippen LogP contribution in [0.1, 0.15) is 40.8 Å². The van der Waals surface area contributed by atoms with Crippen molar-refractivity contribution < 1.29 is 4.74 Å². The second-order valence-electron chi connectivity index (χ2n) is 5.56. The molecule has 0 fully saturated rings. The Kier molecular flexibility index (Phi) is 4.29. The summed E-state index contributed by atoms with van der Waals surface area (Å²) in [4.78, 5) is 4.25. The van der Waals surface area contributed by atoms with Gasteiger partial charge in [-0.1, -0.05) is 30.3 Å². The number of aryl methyl sites for hydroxylation is 1. The molecule has 0 radical (unpaired) electrons. The van der Waals surface area contributed by atoms with Crippen molar-refractivity contribution in [3.05, 3.63) is 65.0 Å². The fourth-order valence-electron chi connectivity index (χ4n) is 2.96. The molecule has 2 aromatic rings. The Hall–Kier alpha value is -1.75. The molecule has 3 rings (SSSR count). The lowest BCUT2D eigenvalue weighted by molar-refractivity contribution is 0.0292. The van der Waals surface area contributed by atoms with Crippen LogP contribution in [0.3, 0.4) is 0 Å². The van der Waals surface area contributed by atoms with Gasteiger partial charge in [0.2, 0.25) is 0 Å². The van der Waals surface area contributed by atoms with Gasteiger partial charge in [0.25, 0.3) is 0 Å². The van der Waals surface area contributed by atoms with E-state index in [1.54, 1.807) is 0 Å². The third kappa shape index (κ3) is 3.13. The molecule has 0 bridgehead atoms. The molecule has 3 N–H and O–H groups in total. The van der Waals surface area contributed by atoms with Gasteiger partial charge in [-0.25, -0.2) is 0 Å². The summed E-state index contributed by atoms with van der Waals surface area (Å²) in [5.74, 6) is 5.76. The predicted octanol–water partition coefficient (Wildman–Crippen LogP) is 2.60. The summed E-state index contributed by atoms with van der Waals surface area (Å²) < 4.78 is 5.97. The van der Waals surface area contributed by atoms with E-state index in [-0.39, 0.29) is 12.1 Å². The molecule has 0 saturated heterocycles. The van der Waals surface area contributed by atoms with Crippen LogP contribution in [0.5, 0.6) is 0 Å². The standard InChI is InChI=1S/C17H21N3O/c1-12-8-14(11-19-10-12)16(20-18)9-17-15-5-3-2-4-13(15)6-7-21-17/h2-5,8,10-11,16-17,20H,6-7,9,18H2,1H3. The minimum Gasteiger partial charge on any atom is -0.373 e. The highest BCUT2D eigenvalue weighted by Crippen LogP contribution is 2.34. The summed E-state index contributed by atoms with van der Waals surface area (Å²) in [5, 5.41) is 0. The summed E-state index contributed by atoms with van der Waals surface area (Å²) >= 11 is 0. The van der Waals surface area contributed by atoms with Crippen LogP contribution < -0.4 is 11.3 Å². The highest BCUT2D eigenvalue weighted by molar-refractivity contribution is 5.31. The molecule has 2 atom stereocenters. The summed E-state index contributed by atoms with van der Waals surface area (Å²) in [6.07, 6.45) is 5.59. The Morgan fingerprint density at radius 1 is 1.38 bits per heavy atom. The lowest BCUT2D eigenvalue weighted by Gasteiger charge is -2.29. The number of hydrogen-bond acceptors (Lipinski definition) is 4. The van der Waals surface area contributed by atoms with Gasteiger partial charge in [-0.15, -0.1) is 0 Å². The fraction of sp³-hybridized carbons (Fsp3) is 0.353. The maximum atomic E-state index is 5.97. The van der Waals surface area contributed by atoms with Crippen molar-refractivity contribution in [1.29, 1.82) is 0 Å². The van der Waals surface area contributed by atoms with Crippen LogP contribution in [0, 0.1) is 6.92 Å². The average molecular weight is 283 g/mol. The number of nitrogens with one attached hydrogen (secondary N) is 1. The van der Waals surface area contributed by atoms with Crippen molar-refractivity contribution in [2.75, 3.05) is 6.61 Å². The van der Waals surface area contributed by atoms with Crippen LogP contribution in [-0.2, 0) is 11.2 Å². The van der Waals surface area contributed by atoms with Gasteiger partial charge < -0.3 is 4.74 Å². The molecular weight excluding hydrogens is 262 g/mol. The van der Waals surface area contributed by atoms with Crippen molar-refractivity contribution in [2.45, 2.75) is 31.9 Å². The fourth-order valence-corrected chi connectivity index (χ4v) is 2.96. The molecule has 2 heterocycles. The summed E-state index contributed by atoms with van der Waals surface area (Å²) in [7, 11) is 0. The van der Waals surface area contributed by atoms with Crippen LogP contribution in [0.2, 0.25) is 0 Å². The molecule has 1 aromatic heterocycles. The van der Waals surface area contributed by atoms with Gasteiger partial charge >= 0.3 is 0 Å². The number of aromatic nitrogens is 1. The van der Waals surface area contributed by atoms with E-state index in [2.05, 4.69) is 40.7 Å². The van der Waals surface area contributed by atoms with Crippen molar-refractivity contribution in [3.63, 3.8) is 0 Å². The average Bonchev–Trinajstić information content (AvgIpc) is 2.52. The third-order valence-corrected chi connectivity index (χ3v) is 4.04. The van der Waals surface area contributed by atoms with E-state index in [9.17, 15) is 0 Å². The highest BCUT2D eigenvalue weighted by Gasteiger charge is 2.24. The maximum Gasteiger partial charge on any atom is 0.0846 e. The quantitative estimate of drug-likeness (QED) is 0.669. The number of pyridine rings is 1. The minimum atomic E-state index is 0.0357. The second-order valence-corrected chi connectivity index (χ2v) is 5.56. The van der Waals surface area contributed by atoms with Crippen LogP contribution in [0.15, 0.2) is 42.7 Å². The van der Waals surface area contributed by atoms with Crippen LogP contribution >= 0.6 is 0 Å². The molecule has 4 heteroatoms. The Bertz CT molecular complexity index is 614. The first-order valence-electron chi connectivity index (χ1n) is 7.35. The van der Waals surface area contributed by atoms with Gasteiger partial charge in [-0.05, 0) is 42.0 Å². The van der Waals surface area contributed by atoms with Crippen molar-refractivity contribution in [3.8, 4) is 0 Å². The molecular formula is C17H21N3O. The molecule has 1 aliphatic rings. The third-order valence-electron chi connectivity index (χ3n) is 4.04. The Labute approximate surface area is 125 Å². The van der Waals surface area contributed by atoms with Gasteiger partial charge in [0.05, 0.1) is 18.8 Å². The monoisotopic (exact) mass is 283 g/mol. The van der Waals surface area contributed by atoms with Gasteiger partial charge in [0.15, 0.2) is 0 Å². The van der Waals surface area contributed by atoms with E-state index in [4.69, 9.17) is 10.6 Å². The van der Waals surface area contributed by atoms with Gasteiger partial charge in [-0.2, -0.15) is 0 Å². The lowest BCUT2D eigenvalue weighted by atomic mass is 9.92. The normalized spacial score (nSPS) is 19.0. The molecule has 4 nitrogen and oxygen atoms in total. The highest BCUT2D eigenvalue weighted by atomic mass is 16.5. The summed E-state index contributed by atoms with van der Waals surface area (Å²) in [6.45, 7) is 2.81. The van der Waals surface area contributed by atoms with Gasteiger partial charge in [-0.3, -0.25) is 16.3 Å². The zero-order valence-electron chi connectivity index (χ0n) is 12.3. The molecule has 0 spiro atoms. The number of hydrazine groups is 1. The van der Waals surface area contributed by atoms with Crippen molar-refractivity contribution in [1.82, 2.24) is 10.4 Å². The first-order chi connectivity index (χ1) is 10.3. The van der Waals surface area contributed by atoms with E-state index in [0.717, 1.165) is 30.6 Å². The number of rotatable bonds is 4. The molecule has 1 aromatic carbocycles. The lowest BCUT2D eigenvalue weighted by Crippen LogP contribution is -2.31. The van der Waals surface area contributed by atoms with E-state index in [1.165, 1.54) is 11.1 Å². The largest absolute Gasteiger partial charge is 0.373 e. The molecule has 2 unspecified atom stereocenters. The second kappa shape index (κ2) is 6.35. The van der Waals surface area contributed by atoms with Crippen LogP contribution in [-0.4, -0.2) is 11.6 Å². The van der Waals surface area contributed by atoms with Gasteiger partial charge in [0, 0.05) is 12.4 Å². The Morgan fingerprint density at radius 2 is 2.24 bits per heavy atom. The number of nitrogens with zero attached hydrogens (tertiary/aromatic N) is 1. The van der Waals surface area contributed by atoms with E-state index in [1.807, 2.05) is 19.3 Å². The minimum absolute atomic E-state index is 0.0357. The Balaban J connectivity index is 1.82. The summed E-state index contributed by atoms with van der Waals surface area (Å²) in [5.41, 5.74) is 7.80. The number of nitrogens with two attached hydrogens (primary N) is 1. The SMILES string of the molecule is Cc1cncc(C(CC2OCCc3ccccc32)NN)c1. The molecule has 21 heavy (non-hydrogen) atoms. The first-order valence-corrected chi connectivity index (χ1v) is 7.35. The maximum absolute atomic E-state index is 5.97. The number of benzene rings is 1. The predicted molar refractivity (Wildman–Crippen MR) is 82.5 cm³/mol. The molecule has 0 aliphatic carbocycles. The topological polar surface area (TPSA) is 60.2 Å². The number of hydrogen-bond donors (Lipinski definition) is 2. The smallest absolute Gasteiger partial charge is 0.0846 e. The molecule has 110 valence electrons. The van der Waals surface area contributed by atoms with E-state index in [0.29, 0.717) is 0 Å². The van der Waals surface area contributed by atoms with Crippen molar-refractivity contribution >= 4 is 0 Å². The zero-order chi connectivity index (χ0) is 14.7. The van der Waals surface area contributed by atoms with E-state index < -0.39 is 0 Å². The molecule has 0 amide bonds. The zero-order valence-corrected chi connectivity index (χ0v) is 12.3.